The van der Waals surface area contributed by atoms with E-state index < -0.39 is 11.3 Å². The van der Waals surface area contributed by atoms with Crippen molar-refractivity contribution in [1.82, 2.24) is 10.2 Å². The maximum absolute atomic E-state index is 12.9. The molecule has 1 aromatic rings. The number of nitrogens with one attached hydrogen (secondary N) is 2. The van der Waals surface area contributed by atoms with E-state index in [9.17, 15) is 14.4 Å². The monoisotopic (exact) mass is 367 g/mol. The van der Waals surface area contributed by atoms with Crippen LogP contribution in [0.15, 0.2) is 30.4 Å². The highest BCUT2D eigenvalue weighted by molar-refractivity contribution is 6.32. The van der Waals surface area contributed by atoms with Crippen LogP contribution in [0.3, 0.4) is 0 Å². The van der Waals surface area contributed by atoms with Crippen LogP contribution in [0, 0.1) is 5.92 Å². The first-order chi connectivity index (χ1) is 12.7. The first-order valence-corrected chi connectivity index (χ1v) is 9.40. The Labute approximate surface area is 160 Å². The summed E-state index contributed by atoms with van der Waals surface area (Å²) in [5, 5.41) is 5.72. The summed E-state index contributed by atoms with van der Waals surface area (Å²) in [5.74, 6) is -0.273. The molecule has 0 aromatic heterocycles. The number of carbonyl (C=O) groups is 3. The van der Waals surface area contributed by atoms with Gasteiger partial charge in [0.15, 0.2) is 0 Å². The predicted octanol–water partition coefficient (Wildman–Crippen LogP) is 1.42. The minimum atomic E-state index is -0.997. The van der Waals surface area contributed by atoms with Crippen LogP contribution in [-0.2, 0) is 16.1 Å². The Bertz CT molecular complexity index is 821. The lowest BCUT2D eigenvalue weighted by atomic mass is 9.70. The van der Waals surface area contributed by atoms with Crippen LogP contribution in [-0.4, -0.2) is 42.5 Å². The third-order valence-corrected chi connectivity index (χ3v) is 5.33. The lowest BCUT2D eigenvalue weighted by Crippen LogP contribution is -2.63. The lowest BCUT2D eigenvalue weighted by molar-refractivity contribution is -0.138. The van der Waals surface area contributed by atoms with E-state index in [0.29, 0.717) is 31.0 Å². The van der Waals surface area contributed by atoms with Crippen molar-refractivity contribution in [2.24, 2.45) is 5.92 Å². The van der Waals surface area contributed by atoms with Crippen molar-refractivity contribution in [3.05, 3.63) is 41.5 Å². The number of anilines is 1. The Morgan fingerprint density at radius 1 is 1.37 bits per heavy atom. The summed E-state index contributed by atoms with van der Waals surface area (Å²) in [5.41, 5.74) is 2.59. The molecule has 142 valence electrons. The number of hydrogen-bond donors (Lipinski definition) is 2. The average molecular weight is 367 g/mol. The van der Waals surface area contributed by atoms with Gasteiger partial charge in [-0.05, 0) is 42.5 Å². The number of hydrogen-bond acceptors (Lipinski definition) is 4. The van der Waals surface area contributed by atoms with E-state index in [0.717, 1.165) is 23.2 Å². The van der Waals surface area contributed by atoms with Gasteiger partial charge in [-0.2, -0.15) is 0 Å². The number of carbonyl (C=O) groups excluding carboxylic acids is 3. The zero-order valence-electron chi connectivity index (χ0n) is 16.2. The standard InChI is InChI=1S/C20H26BN3O3/c1-12(2)8-13(3)10-22-15-4-5-16-14(9-15)11-24(18(16)26)20(21)7-6-17(25)23-19(20)27/h4-5,9,12,22H,3,6-8,10-11,21H2,1-2H3,(H,23,25,27)/t20-/m1/s1. The molecule has 0 radical (unpaired) electrons. The zero-order chi connectivity index (χ0) is 19.8. The highest BCUT2D eigenvalue weighted by atomic mass is 16.2. The highest BCUT2D eigenvalue weighted by Gasteiger charge is 2.48. The van der Waals surface area contributed by atoms with Gasteiger partial charge in [-0.15, -0.1) is 0 Å². The van der Waals surface area contributed by atoms with E-state index in [1.807, 2.05) is 12.1 Å². The molecule has 27 heavy (non-hydrogen) atoms. The molecule has 3 amide bonds. The molecule has 3 rings (SSSR count). The molecule has 0 spiro atoms. The minimum absolute atomic E-state index is 0.159. The third kappa shape index (κ3) is 3.77. The van der Waals surface area contributed by atoms with Crippen LogP contribution < -0.4 is 10.6 Å². The molecule has 2 aliphatic heterocycles. The second-order valence-corrected chi connectivity index (χ2v) is 8.12. The molecule has 1 saturated heterocycles. The van der Waals surface area contributed by atoms with E-state index in [-0.39, 0.29) is 18.2 Å². The van der Waals surface area contributed by atoms with Crippen LogP contribution in [0.1, 0.15) is 49.0 Å². The van der Waals surface area contributed by atoms with Gasteiger partial charge in [0.25, 0.3) is 5.91 Å². The molecule has 0 bridgehead atoms. The molecule has 0 unspecified atom stereocenters. The number of imide groups is 1. The van der Waals surface area contributed by atoms with Crippen LogP contribution in [0.5, 0.6) is 0 Å². The average Bonchev–Trinajstić information content (AvgIpc) is 2.93. The Morgan fingerprint density at radius 3 is 2.78 bits per heavy atom. The molecular formula is C20H26BN3O3. The molecule has 2 N–H and O–H groups in total. The third-order valence-electron chi connectivity index (χ3n) is 5.33. The molecule has 2 aliphatic rings. The van der Waals surface area contributed by atoms with Crippen molar-refractivity contribution in [3.63, 3.8) is 0 Å². The van der Waals surface area contributed by atoms with E-state index >= 15 is 0 Å². The maximum Gasteiger partial charge on any atom is 0.254 e. The summed E-state index contributed by atoms with van der Waals surface area (Å²) in [4.78, 5) is 38.3. The molecule has 1 aromatic carbocycles. The quantitative estimate of drug-likeness (QED) is 0.453. The van der Waals surface area contributed by atoms with Gasteiger partial charge in [0, 0.05) is 30.8 Å². The summed E-state index contributed by atoms with van der Waals surface area (Å²) >= 11 is 0. The van der Waals surface area contributed by atoms with Gasteiger partial charge in [-0.1, -0.05) is 26.0 Å². The van der Waals surface area contributed by atoms with E-state index in [1.165, 1.54) is 0 Å². The number of piperidine rings is 1. The molecular weight excluding hydrogens is 341 g/mol. The van der Waals surface area contributed by atoms with Gasteiger partial charge in [0.2, 0.25) is 11.8 Å². The fraction of sp³-hybridized carbons (Fsp3) is 0.450. The van der Waals surface area contributed by atoms with Gasteiger partial charge >= 0.3 is 0 Å². The van der Waals surface area contributed by atoms with Crippen molar-refractivity contribution >= 4 is 31.3 Å². The smallest absolute Gasteiger partial charge is 0.254 e. The van der Waals surface area contributed by atoms with Crippen molar-refractivity contribution in [1.29, 1.82) is 0 Å². The fourth-order valence-corrected chi connectivity index (χ4v) is 3.76. The fourth-order valence-electron chi connectivity index (χ4n) is 3.76. The molecule has 7 heteroatoms. The Morgan fingerprint density at radius 2 is 2.11 bits per heavy atom. The summed E-state index contributed by atoms with van der Waals surface area (Å²) in [6, 6.07) is 5.65. The highest BCUT2D eigenvalue weighted by Crippen LogP contribution is 2.33. The van der Waals surface area contributed by atoms with Crippen molar-refractivity contribution < 1.29 is 14.4 Å². The first-order valence-electron chi connectivity index (χ1n) is 9.40. The topological polar surface area (TPSA) is 78.5 Å². The zero-order valence-corrected chi connectivity index (χ0v) is 16.2. The van der Waals surface area contributed by atoms with E-state index in [1.54, 1.807) is 18.8 Å². The second kappa shape index (κ2) is 7.21. The SMILES string of the molecule is B[C@@]1(N2Cc3cc(NCC(=C)CC(C)C)ccc3C2=O)CCC(=O)NC1=O. The number of benzene rings is 1. The first kappa shape index (κ1) is 19.2. The Hall–Kier alpha value is -2.57. The number of amides is 3. The van der Waals surface area contributed by atoms with Crippen LogP contribution in [0.2, 0.25) is 0 Å². The second-order valence-electron chi connectivity index (χ2n) is 8.12. The van der Waals surface area contributed by atoms with Crippen LogP contribution >= 0.6 is 0 Å². The molecule has 1 fully saturated rings. The molecule has 0 aliphatic carbocycles. The Kier molecular flexibility index (Phi) is 5.13. The van der Waals surface area contributed by atoms with E-state index in [2.05, 4.69) is 31.1 Å². The van der Waals surface area contributed by atoms with Crippen molar-refractivity contribution in [3.8, 4) is 0 Å². The van der Waals surface area contributed by atoms with Gasteiger partial charge in [0.05, 0.1) is 5.44 Å². The number of nitrogens with zero attached hydrogens (tertiary/aromatic N) is 1. The van der Waals surface area contributed by atoms with Crippen LogP contribution in [0.25, 0.3) is 0 Å². The normalized spacial score (nSPS) is 22.0. The van der Waals surface area contributed by atoms with Crippen LogP contribution in [0.4, 0.5) is 5.69 Å². The molecule has 2 heterocycles. The molecule has 0 saturated carbocycles. The number of rotatable bonds is 6. The van der Waals surface area contributed by atoms with Crippen molar-refractivity contribution in [2.45, 2.75) is 45.1 Å². The minimum Gasteiger partial charge on any atom is -0.381 e. The maximum atomic E-state index is 12.9. The van der Waals surface area contributed by atoms with Gasteiger partial charge in [-0.25, -0.2) is 0 Å². The van der Waals surface area contributed by atoms with Gasteiger partial charge in [-0.3, -0.25) is 19.7 Å². The summed E-state index contributed by atoms with van der Waals surface area (Å²) in [6.45, 7) is 9.48. The van der Waals surface area contributed by atoms with Crippen molar-refractivity contribution in [2.75, 3.05) is 11.9 Å². The number of fused-ring (bicyclic) bond motifs is 1. The summed E-state index contributed by atoms with van der Waals surface area (Å²) < 4.78 is 0. The van der Waals surface area contributed by atoms with E-state index in [4.69, 9.17) is 0 Å². The molecule has 1 atom stereocenters. The predicted molar refractivity (Wildman–Crippen MR) is 107 cm³/mol. The lowest BCUT2D eigenvalue weighted by Gasteiger charge is -2.39. The summed E-state index contributed by atoms with van der Waals surface area (Å²) in [6.07, 6.45) is 1.56. The van der Waals surface area contributed by atoms with Gasteiger partial charge < -0.3 is 10.2 Å². The largest absolute Gasteiger partial charge is 0.381 e. The summed E-state index contributed by atoms with van der Waals surface area (Å²) in [7, 11) is 1.73. The van der Waals surface area contributed by atoms with Gasteiger partial charge in [0.1, 0.15) is 7.85 Å². The molecule has 6 nitrogen and oxygen atoms in total. The Balaban J connectivity index is 1.73.